The molecule has 1 aromatic heterocycles. The Morgan fingerprint density at radius 3 is 2.63 bits per heavy atom. The van der Waals surface area contributed by atoms with Crippen LogP contribution in [0, 0.1) is 13.8 Å². The van der Waals surface area contributed by atoms with Crippen LogP contribution in [0.5, 0.6) is 5.75 Å². The van der Waals surface area contributed by atoms with Gasteiger partial charge in [0.2, 0.25) is 5.95 Å². The van der Waals surface area contributed by atoms with Crippen LogP contribution in [0.2, 0.25) is 0 Å². The van der Waals surface area contributed by atoms with Crippen molar-refractivity contribution in [3.8, 4) is 5.75 Å². The molecule has 0 fully saturated rings. The van der Waals surface area contributed by atoms with Crippen LogP contribution in [0.15, 0.2) is 48.5 Å². The molecule has 2 aromatic carbocycles. The van der Waals surface area contributed by atoms with Gasteiger partial charge < -0.3 is 15.0 Å². The number of hydrogen-bond donors (Lipinski definition) is 1. The van der Waals surface area contributed by atoms with Crippen LogP contribution in [0.25, 0.3) is 0 Å². The third kappa shape index (κ3) is 3.72. The highest BCUT2D eigenvalue weighted by molar-refractivity contribution is 5.64. The van der Waals surface area contributed by atoms with Crippen LogP contribution in [-0.4, -0.2) is 23.6 Å². The third-order valence-electron chi connectivity index (χ3n) is 4.90. The number of anilines is 3. The van der Waals surface area contributed by atoms with Gasteiger partial charge in [-0.05, 0) is 49.1 Å². The molecule has 0 unspecified atom stereocenters. The van der Waals surface area contributed by atoms with Crippen molar-refractivity contribution in [2.24, 2.45) is 0 Å². The van der Waals surface area contributed by atoms with E-state index in [1.54, 1.807) is 7.11 Å². The van der Waals surface area contributed by atoms with Gasteiger partial charge in [0.25, 0.3) is 0 Å². The van der Waals surface area contributed by atoms with Gasteiger partial charge in [-0.25, -0.2) is 4.98 Å². The average molecular weight is 360 g/mol. The lowest BCUT2D eigenvalue weighted by atomic mass is 10.00. The molecule has 3 aromatic rings. The van der Waals surface area contributed by atoms with Gasteiger partial charge in [0.1, 0.15) is 11.6 Å². The van der Waals surface area contributed by atoms with Crippen LogP contribution >= 0.6 is 0 Å². The fourth-order valence-corrected chi connectivity index (χ4v) is 3.50. The Bertz CT molecular complexity index is 970. The molecule has 4 rings (SSSR count). The molecule has 2 heterocycles. The number of nitrogens with zero attached hydrogens (tertiary/aromatic N) is 3. The number of aryl methyl sites for hydroxylation is 2. The fraction of sp³-hybridized carbons (Fsp3) is 0.273. The van der Waals surface area contributed by atoms with E-state index in [9.17, 15) is 0 Å². The Hall–Kier alpha value is -3.08. The minimum absolute atomic E-state index is 0.591. The zero-order chi connectivity index (χ0) is 18.8. The zero-order valence-electron chi connectivity index (χ0n) is 16.0. The van der Waals surface area contributed by atoms with Crippen molar-refractivity contribution in [2.45, 2.75) is 26.8 Å². The highest BCUT2D eigenvalue weighted by atomic mass is 16.5. The molecule has 0 bridgehead atoms. The molecule has 0 saturated heterocycles. The van der Waals surface area contributed by atoms with Crippen LogP contribution in [0.3, 0.4) is 0 Å². The topological polar surface area (TPSA) is 50.3 Å². The summed E-state index contributed by atoms with van der Waals surface area (Å²) in [6, 6.07) is 16.7. The highest BCUT2D eigenvalue weighted by Crippen LogP contribution is 2.29. The van der Waals surface area contributed by atoms with E-state index in [-0.39, 0.29) is 0 Å². The summed E-state index contributed by atoms with van der Waals surface area (Å²) in [5.74, 6) is 2.32. The summed E-state index contributed by atoms with van der Waals surface area (Å²) in [5.41, 5.74) is 5.77. The second kappa shape index (κ2) is 7.27. The van der Waals surface area contributed by atoms with E-state index >= 15 is 0 Å². The lowest BCUT2D eigenvalue weighted by molar-refractivity contribution is 0.416. The van der Waals surface area contributed by atoms with Crippen LogP contribution in [0.1, 0.15) is 22.4 Å². The third-order valence-corrected chi connectivity index (χ3v) is 4.90. The minimum atomic E-state index is 0.591. The molecule has 0 atom stereocenters. The Morgan fingerprint density at radius 2 is 1.81 bits per heavy atom. The lowest BCUT2D eigenvalue weighted by Gasteiger charge is -2.30. The molecule has 1 N–H and O–H groups in total. The maximum Gasteiger partial charge on any atom is 0.229 e. The molecular weight excluding hydrogens is 336 g/mol. The first kappa shape index (κ1) is 17.3. The predicted octanol–water partition coefficient (Wildman–Crippen LogP) is 4.41. The summed E-state index contributed by atoms with van der Waals surface area (Å²) in [7, 11) is 1.67. The van der Waals surface area contributed by atoms with Crippen LogP contribution < -0.4 is 15.0 Å². The second-order valence-corrected chi connectivity index (χ2v) is 6.96. The summed E-state index contributed by atoms with van der Waals surface area (Å²) in [6.07, 6.45) is 1.04. The van der Waals surface area contributed by atoms with Crippen molar-refractivity contribution >= 4 is 17.5 Å². The molecule has 27 heavy (non-hydrogen) atoms. The Labute approximate surface area is 160 Å². The van der Waals surface area contributed by atoms with Crippen molar-refractivity contribution < 1.29 is 4.74 Å². The molecule has 1 aliphatic rings. The summed E-state index contributed by atoms with van der Waals surface area (Å²) >= 11 is 0. The number of aromatic nitrogens is 2. The van der Waals surface area contributed by atoms with Crippen molar-refractivity contribution in [3.63, 3.8) is 0 Å². The van der Waals surface area contributed by atoms with Gasteiger partial charge in [0.05, 0.1) is 12.8 Å². The van der Waals surface area contributed by atoms with Crippen molar-refractivity contribution in [3.05, 3.63) is 70.9 Å². The van der Waals surface area contributed by atoms with E-state index in [1.165, 1.54) is 11.1 Å². The Morgan fingerprint density at radius 1 is 1.00 bits per heavy atom. The van der Waals surface area contributed by atoms with E-state index in [2.05, 4.69) is 46.4 Å². The molecule has 5 heteroatoms. The van der Waals surface area contributed by atoms with Crippen molar-refractivity contribution in [1.29, 1.82) is 0 Å². The van der Waals surface area contributed by atoms with Crippen molar-refractivity contribution in [2.75, 3.05) is 23.9 Å². The van der Waals surface area contributed by atoms with Gasteiger partial charge in [-0.3, -0.25) is 0 Å². The van der Waals surface area contributed by atoms with E-state index in [0.717, 1.165) is 48.0 Å². The SMILES string of the molecule is COc1ccc(C)cc1Nc1nc(C)cc(N2CCc3ccccc3C2)n1. The van der Waals surface area contributed by atoms with Gasteiger partial charge in [0.15, 0.2) is 0 Å². The van der Waals surface area contributed by atoms with E-state index in [4.69, 9.17) is 9.72 Å². The molecular formula is C22H24N4O. The molecule has 138 valence electrons. The summed E-state index contributed by atoms with van der Waals surface area (Å²) in [6.45, 7) is 5.89. The first-order chi connectivity index (χ1) is 13.1. The first-order valence-electron chi connectivity index (χ1n) is 9.21. The highest BCUT2D eigenvalue weighted by Gasteiger charge is 2.18. The summed E-state index contributed by atoms with van der Waals surface area (Å²) in [5, 5.41) is 3.33. The molecule has 5 nitrogen and oxygen atoms in total. The summed E-state index contributed by atoms with van der Waals surface area (Å²) in [4.78, 5) is 11.7. The molecule has 1 aliphatic heterocycles. The maximum atomic E-state index is 5.46. The number of methoxy groups -OCH3 is 1. The van der Waals surface area contributed by atoms with Crippen molar-refractivity contribution in [1.82, 2.24) is 9.97 Å². The molecule has 0 radical (unpaired) electrons. The Balaban J connectivity index is 1.62. The van der Waals surface area contributed by atoms with Crippen LogP contribution in [0.4, 0.5) is 17.5 Å². The van der Waals surface area contributed by atoms with Crippen LogP contribution in [-0.2, 0) is 13.0 Å². The predicted molar refractivity (Wildman–Crippen MR) is 109 cm³/mol. The number of fused-ring (bicyclic) bond motifs is 1. The van der Waals surface area contributed by atoms with E-state index < -0.39 is 0 Å². The number of ether oxygens (including phenoxy) is 1. The zero-order valence-corrected chi connectivity index (χ0v) is 16.0. The number of hydrogen-bond acceptors (Lipinski definition) is 5. The van der Waals surface area contributed by atoms with Gasteiger partial charge in [0, 0.05) is 24.8 Å². The maximum absolute atomic E-state index is 5.46. The monoisotopic (exact) mass is 360 g/mol. The minimum Gasteiger partial charge on any atom is -0.495 e. The Kier molecular flexibility index (Phi) is 4.67. The van der Waals surface area contributed by atoms with Gasteiger partial charge in [-0.1, -0.05) is 30.3 Å². The van der Waals surface area contributed by atoms with Gasteiger partial charge >= 0.3 is 0 Å². The normalized spacial score (nSPS) is 13.2. The summed E-state index contributed by atoms with van der Waals surface area (Å²) < 4.78 is 5.46. The quantitative estimate of drug-likeness (QED) is 0.747. The average Bonchev–Trinajstić information content (AvgIpc) is 2.67. The largest absolute Gasteiger partial charge is 0.495 e. The fourth-order valence-electron chi connectivity index (χ4n) is 3.50. The smallest absolute Gasteiger partial charge is 0.229 e. The molecule has 0 spiro atoms. The van der Waals surface area contributed by atoms with E-state index in [0.29, 0.717) is 5.95 Å². The molecule has 0 aliphatic carbocycles. The first-order valence-corrected chi connectivity index (χ1v) is 9.21. The van der Waals surface area contributed by atoms with Gasteiger partial charge in [-0.2, -0.15) is 4.98 Å². The standard InChI is InChI=1S/C22H24N4O/c1-15-8-9-20(27-3)19(12-15)24-22-23-16(2)13-21(25-22)26-11-10-17-6-4-5-7-18(17)14-26/h4-9,12-13H,10-11,14H2,1-3H3,(H,23,24,25). The van der Waals surface area contributed by atoms with Gasteiger partial charge in [-0.15, -0.1) is 0 Å². The lowest BCUT2D eigenvalue weighted by Crippen LogP contribution is -2.31. The molecule has 0 amide bonds. The molecule has 0 saturated carbocycles. The second-order valence-electron chi connectivity index (χ2n) is 6.96. The number of rotatable bonds is 4. The number of benzene rings is 2. The van der Waals surface area contributed by atoms with E-state index in [1.807, 2.05) is 31.2 Å². The number of nitrogens with one attached hydrogen (secondary N) is 1.